The normalized spacial score (nSPS) is 12.7. The molecule has 0 rings (SSSR count). The molecule has 10 N–H and O–H groups in total. The second-order valence-corrected chi connectivity index (χ2v) is 9.25. The Labute approximate surface area is 228 Å². The number of hydrogen-bond acceptors (Lipinski definition) is 7. The van der Waals surface area contributed by atoms with Gasteiger partial charge in [0, 0.05) is 40.4 Å². The minimum Gasteiger partial charge on any atom is -0.376 e. The fourth-order valence-electron chi connectivity index (χ4n) is 3.44. The lowest BCUT2D eigenvalue weighted by Gasteiger charge is -2.25. The predicted molar refractivity (Wildman–Crippen MR) is 145 cm³/mol. The highest BCUT2D eigenvalue weighted by molar-refractivity contribution is 7.80. The first-order chi connectivity index (χ1) is 17.8. The highest BCUT2D eigenvalue weighted by Gasteiger charge is 2.28. The quantitative estimate of drug-likeness (QED) is 0.0633. The highest BCUT2D eigenvalue weighted by Crippen LogP contribution is 2.06. The van der Waals surface area contributed by atoms with Crippen molar-refractivity contribution in [3.8, 4) is 0 Å². The van der Waals surface area contributed by atoms with Crippen molar-refractivity contribution in [1.29, 1.82) is 0 Å². The van der Waals surface area contributed by atoms with Crippen molar-refractivity contribution in [2.24, 2.45) is 11.5 Å². The smallest absolute Gasteiger partial charge is 0.243 e. The second kappa shape index (κ2) is 19.6. The number of amides is 6. The van der Waals surface area contributed by atoms with Crippen LogP contribution in [-0.4, -0.2) is 78.3 Å². The predicted octanol–water partition coefficient (Wildman–Crippen LogP) is -2.22. The third-order valence-electron chi connectivity index (χ3n) is 5.29. The van der Waals surface area contributed by atoms with Crippen LogP contribution in [0.1, 0.15) is 65.7 Å². The third-order valence-corrected chi connectivity index (χ3v) is 5.44. The third kappa shape index (κ3) is 17.9. The van der Waals surface area contributed by atoms with E-state index in [1.165, 1.54) is 20.8 Å². The standard InChI is InChI=1S/C23H42N8O6S/c1-14(32)26-12-6-9-17(20(24)35)30-22(37)19(8-4-5-11-28-23(25)38)31-21(36)18(29-16(3)34)10-7-13-27-15(2)33/h17-19H,4-13H2,1-3H3,(H2,24,35)(H,26,32)(H,27,33)(H,29,34)(H,30,37)(H,31,36)(H3,25,28,38)/t17-,18-,19-/m0/s1. The van der Waals surface area contributed by atoms with E-state index in [0.717, 1.165) is 0 Å². The number of carbonyl (C=O) groups excluding carboxylic acids is 6. The van der Waals surface area contributed by atoms with Crippen LogP contribution >= 0.6 is 12.2 Å². The molecule has 0 unspecified atom stereocenters. The summed E-state index contributed by atoms with van der Waals surface area (Å²) in [7, 11) is 0. The van der Waals surface area contributed by atoms with Crippen LogP contribution in [0.25, 0.3) is 0 Å². The molecule has 0 aliphatic carbocycles. The molecular weight excluding hydrogens is 516 g/mol. The number of nitrogens with two attached hydrogens (primary N) is 2. The van der Waals surface area contributed by atoms with Gasteiger partial charge in [0.15, 0.2) is 5.11 Å². The van der Waals surface area contributed by atoms with Crippen LogP contribution < -0.4 is 43.4 Å². The Morgan fingerprint density at radius 2 is 1.00 bits per heavy atom. The molecule has 15 heteroatoms. The Morgan fingerprint density at radius 1 is 0.579 bits per heavy atom. The number of unbranched alkanes of at least 4 members (excludes halogenated alkanes) is 1. The topological polar surface area (TPSA) is 227 Å². The average Bonchev–Trinajstić information content (AvgIpc) is 2.80. The van der Waals surface area contributed by atoms with Crippen LogP contribution in [0.5, 0.6) is 0 Å². The summed E-state index contributed by atoms with van der Waals surface area (Å²) < 4.78 is 0. The molecule has 0 fully saturated rings. The van der Waals surface area contributed by atoms with Crippen molar-refractivity contribution in [1.82, 2.24) is 31.9 Å². The molecule has 0 aromatic carbocycles. The van der Waals surface area contributed by atoms with Crippen molar-refractivity contribution in [2.45, 2.75) is 83.8 Å². The molecule has 0 bridgehead atoms. The van der Waals surface area contributed by atoms with Crippen molar-refractivity contribution in [2.75, 3.05) is 19.6 Å². The first kappa shape index (κ1) is 34.5. The molecule has 3 atom stereocenters. The van der Waals surface area contributed by atoms with E-state index < -0.39 is 41.8 Å². The van der Waals surface area contributed by atoms with Crippen LogP contribution in [-0.2, 0) is 28.8 Å². The summed E-state index contributed by atoms with van der Waals surface area (Å²) in [5.41, 5.74) is 10.9. The second-order valence-electron chi connectivity index (χ2n) is 8.82. The van der Waals surface area contributed by atoms with E-state index in [4.69, 9.17) is 23.7 Å². The first-order valence-electron chi connectivity index (χ1n) is 12.5. The van der Waals surface area contributed by atoms with Gasteiger partial charge in [-0.25, -0.2) is 0 Å². The molecule has 0 aliphatic heterocycles. The van der Waals surface area contributed by atoms with Crippen molar-refractivity contribution >= 4 is 52.8 Å². The lowest BCUT2D eigenvalue weighted by molar-refractivity contribution is -0.133. The lowest BCUT2D eigenvalue weighted by Crippen LogP contribution is -2.56. The molecule has 0 radical (unpaired) electrons. The van der Waals surface area contributed by atoms with Crippen LogP contribution in [0.2, 0.25) is 0 Å². The van der Waals surface area contributed by atoms with Crippen molar-refractivity contribution in [3.63, 3.8) is 0 Å². The van der Waals surface area contributed by atoms with Crippen molar-refractivity contribution in [3.05, 3.63) is 0 Å². The van der Waals surface area contributed by atoms with Crippen LogP contribution in [0.3, 0.4) is 0 Å². The monoisotopic (exact) mass is 558 g/mol. The van der Waals surface area contributed by atoms with Crippen LogP contribution in [0.4, 0.5) is 0 Å². The number of rotatable bonds is 19. The number of thiocarbonyl (C=S) groups is 1. The fraction of sp³-hybridized carbons (Fsp3) is 0.696. The Hall–Kier alpha value is -3.49. The summed E-state index contributed by atoms with van der Waals surface area (Å²) in [6.45, 7) is 5.11. The highest BCUT2D eigenvalue weighted by atomic mass is 32.1. The van der Waals surface area contributed by atoms with E-state index in [1.807, 2.05) is 0 Å². The fourth-order valence-corrected chi connectivity index (χ4v) is 3.54. The molecule has 0 aromatic rings. The molecular formula is C23H42N8O6S. The van der Waals surface area contributed by atoms with Gasteiger partial charge in [-0.2, -0.15) is 0 Å². The molecule has 0 heterocycles. The van der Waals surface area contributed by atoms with Gasteiger partial charge in [-0.3, -0.25) is 28.8 Å². The maximum atomic E-state index is 13.1. The molecule has 6 amide bonds. The molecule has 38 heavy (non-hydrogen) atoms. The summed E-state index contributed by atoms with van der Waals surface area (Å²) in [6, 6.07) is -2.95. The maximum Gasteiger partial charge on any atom is 0.243 e. The average molecular weight is 559 g/mol. The van der Waals surface area contributed by atoms with E-state index in [2.05, 4.69) is 31.9 Å². The zero-order chi connectivity index (χ0) is 29.1. The Bertz CT molecular complexity index is 841. The van der Waals surface area contributed by atoms with Gasteiger partial charge in [0.2, 0.25) is 35.4 Å². The Kier molecular flexibility index (Phi) is 17.8. The van der Waals surface area contributed by atoms with E-state index >= 15 is 0 Å². The van der Waals surface area contributed by atoms with E-state index in [1.54, 1.807) is 0 Å². The molecule has 0 spiro atoms. The number of carbonyl (C=O) groups is 6. The van der Waals surface area contributed by atoms with Gasteiger partial charge in [-0.15, -0.1) is 0 Å². The largest absolute Gasteiger partial charge is 0.376 e. The SMILES string of the molecule is CC(=O)NCCC[C@H](NC(=O)[C@H](CCCCNC(N)=S)NC(=O)[C@H](CCCNC(C)=O)NC(C)=O)C(N)=O. The van der Waals surface area contributed by atoms with Crippen LogP contribution in [0.15, 0.2) is 0 Å². The van der Waals surface area contributed by atoms with Gasteiger partial charge in [0.1, 0.15) is 18.1 Å². The Balaban J connectivity index is 5.36. The van der Waals surface area contributed by atoms with E-state index in [-0.39, 0.29) is 36.2 Å². The molecule has 0 saturated heterocycles. The summed E-state index contributed by atoms with van der Waals surface area (Å²) in [5, 5.41) is 16.0. The summed E-state index contributed by atoms with van der Waals surface area (Å²) in [6.07, 6.45) is 2.56. The maximum absolute atomic E-state index is 13.1. The molecule has 216 valence electrons. The summed E-state index contributed by atoms with van der Waals surface area (Å²) >= 11 is 4.77. The van der Waals surface area contributed by atoms with Crippen molar-refractivity contribution < 1.29 is 28.8 Å². The van der Waals surface area contributed by atoms with Gasteiger partial charge < -0.3 is 43.4 Å². The van der Waals surface area contributed by atoms with E-state index in [9.17, 15) is 28.8 Å². The molecule has 14 nitrogen and oxygen atoms in total. The minimum absolute atomic E-state index is 0.147. The van der Waals surface area contributed by atoms with Crippen LogP contribution in [0, 0.1) is 0 Å². The molecule has 0 aliphatic rings. The molecule has 0 aromatic heterocycles. The van der Waals surface area contributed by atoms with Gasteiger partial charge in [0.25, 0.3) is 0 Å². The van der Waals surface area contributed by atoms with E-state index in [0.29, 0.717) is 45.3 Å². The van der Waals surface area contributed by atoms with Gasteiger partial charge in [-0.05, 0) is 57.2 Å². The summed E-state index contributed by atoms with van der Waals surface area (Å²) in [4.78, 5) is 71.8. The molecule has 0 saturated carbocycles. The first-order valence-corrected chi connectivity index (χ1v) is 12.9. The lowest BCUT2D eigenvalue weighted by atomic mass is 10.0. The van der Waals surface area contributed by atoms with Gasteiger partial charge >= 0.3 is 0 Å². The van der Waals surface area contributed by atoms with Gasteiger partial charge in [-0.1, -0.05) is 0 Å². The summed E-state index contributed by atoms with van der Waals surface area (Å²) in [5.74, 6) is -2.80. The number of hydrogen-bond donors (Lipinski definition) is 8. The van der Waals surface area contributed by atoms with Gasteiger partial charge in [0.05, 0.1) is 0 Å². The Morgan fingerprint density at radius 3 is 1.45 bits per heavy atom. The zero-order valence-corrected chi connectivity index (χ0v) is 23.1. The number of nitrogens with one attached hydrogen (secondary N) is 6. The zero-order valence-electron chi connectivity index (χ0n) is 22.3. The minimum atomic E-state index is -1.02. The number of primary amides is 1.